The molecule has 2 N–H and O–H groups in total. The number of hydrogen-bond acceptors (Lipinski definition) is 7. The summed E-state index contributed by atoms with van der Waals surface area (Å²) in [5.74, 6) is -0.0125. The number of fused-ring (bicyclic) bond motifs is 1. The number of aromatic nitrogens is 1. The zero-order chi connectivity index (χ0) is 29.9. The molecule has 0 spiro atoms. The molecule has 218 valence electrons. The van der Waals surface area contributed by atoms with E-state index < -0.39 is 41.6 Å². The Hall–Kier alpha value is -3.80. The predicted octanol–water partition coefficient (Wildman–Crippen LogP) is 5.47. The topological polar surface area (TPSA) is 114 Å². The van der Waals surface area contributed by atoms with Crippen LogP contribution < -0.4 is 10.1 Å². The van der Waals surface area contributed by atoms with E-state index in [1.807, 2.05) is 13.8 Å². The maximum atomic E-state index is 13.3. The second-order valence-electron chi connectivity index (χ2n) is 10.2. The monoisotopic (exact) mass is 565 g/mol. The highest BCUT2D eigenvalue weighted by atomic mass is 19.4. The summed E-state index contributed by atoms with van der Waals surface area (Å²) in [5, 5.41) is 13.2. The highest BCUT2D eigenvalue weighted by Gasteiger charge is 2.48. The van der Waals surface area contributed by atoms with Crippen LogP contribution in [-0.2, 0) is 17.5 Å². The Morgan fingerprint density at radius 1 is 1.18 bits per heavy atom. The van der Waals surface area contributed by atoms with Crippen molar-refractivity contribution >= 4 is 23.0 Å². The quantitative estimate of drug-likeness (QED) is 0.407. The molecule has 2 amide bonds. The van der Waals surface area contributed by atoms with Gasteiger partial charge in [0.15, 0.2) is 5.69 Å². The van der Waals surface area contributed by atoms with Gasteiger partial charge in [0.25, 0.3) is 5.91 Å². The summed E-state index contributed by atoms with van der Waals surface area (Å²) in [4.78, 5) is 30.3. The van der Waals surface area contributed by atoms with Gasteiger partial charge in [-0.3, -0.25) is 9.78 Å². The molecule has 1 aromatic carbocycles. The first-order chi connectivity index (χ1) is 18.7. The number of aliphatic hydroxyl groups excluding tert-OH is 1. The van der Waals surface area contributed by atoms with E-state index in [4.69, 9.17) is 13.9 Å². The number of alkyl halides is 3. The highest BCUT2D eigenvalue weighted by molar-refractivity contribution is 6.08. The minimum absolute atomic E-state index is 0.0556. The number of nitrogens with one attached hydrogen (secondary N) is 1. The zero-order valence-corrected chi connectivity index (χ0v) is 23.3. The molecule has 0 bridgehead atoms. The second-order valence-corrected chi connectivity index (χ2v) is 10.2. The molecule has 0 radical (unpaired) electrons. The summed E-state index contributed by atoms with van der Waals surface area (Å²) in [6.45, 7) is 10.1. The van der Waals surface area contributed by atoms with Gasteiger partial charge in [-0.1, -0.05) is 19.9 Å². The summed E-state index contributed by atoms with van der Waals surface area (Å²) in [5.41, 5.74) is -2.35. The lowest BCUT2D eigenvalue weighted by molar-refractivity contribution is -0.142. The summed E-state index contributed by atoms with van der Waals surface area (Å²) in [7, 11) is 0. The number of benzene rings is 1. The molecule has 0 atom stereocenters. The van der Waals surface area contributed by atoms with Crippen molar-refractivity contribution in [3.8, 4) is 5.75 Å². The van der Waals surface area contributed by atoms with Crippen LogP contribution in [0.4, 0.5) is 18.0 Å². The van der Waals surface area contributed by atoms with Crippen molar-refractivity contribution in [2.45, 2.75) is 65.5 Å². The number of carbonyl (C=O) groups excluding carboxylic acids is 2. The van der Waals surface area contributed by atoms with E-state index in [-0.39, 0.29) is 36.6 Å². The number of pyridine rings is 1. The van der Waals surface area contributed by atoms with E-state index in [0.717, 1.165) is 6.20 Å². The molecule has 1 fully saturated rings. The number of rotatable bonds is 6. The zero-order valence-electron chi connectivity index (χ0n) is 23.3. The van der Waals surface area contributed by atoms with Crippen LogP contribution in [0.1, 0.15) is 62.0 Å². The summed E-state index contributed by atoms with van der Waals surface area (Å²) in [6, 6.07) is 7.25. The lowest BCUT2D eigenvalue weighted by atomic mass is 9.90. The third-order valence-corrected chi connectivity index (χ3v) is 5.94. The SMILES string of the molecule is CC.Cc1oc2ccc(OCc3cccnc3C(F)(F)F)cc2c1C(=O)NC1(CO)CN(C(=O)OC(C)(C)C)C1. The third kappa shape index (κ3) is 6.85. The smallest absolute Gasteiger partial charge is 0.433 e. The van der Waals surface area contributed by atoms with E-state index in [9.17, 15) is 27.9 Å². The van der Waals surface area contributed by atoms with Gasteiger partial charge in [-0.2, -0.15) is 13.2 Å². The van der Waals surface area contributed by atoms with E-state index in [2.05, 4.69) is 10.3 Å². The molecule has 2 aromatic heterocycles. The number of likely N-dealkylation sites (tertiary alicyclic amines) is 1. The van der Waals surface area contributed by atoms with Crippen LogP contribution in [0.3, 0.4) is 0 Å². The molecule has 12 heteroatoms. The molecule has 4 rings (SSSR count). The van der Waals surface area contributed by atoms with Crippen LogP contribution in [0.25, 0.3) is 11.0 Å². The van der Waals surface area contributed by atoms with Gasteiger partial charge in [0, 0.05) is 17.1 Å². The van der Waals surface area contributed by atoms with Gasteiger partial charge in [0.2, 0.25) is 0 Å². The van der Waals surface area contributed by atoms with Gasteiger partial charge in [0.1, 0.15) is 29.3 Å². The molecule has 0 aliphatic carbocycles. The van der Waals surface area contributed by atoms with Crippen molar-refractivity contribution in [2.75, 3.05) is 19.7 Å². The predicted molar refractivity (Wildman–Crippen MR) is 141 cm³/mol. The lowest BCUT2D eigenvalue weighted by Gasteiger charge is -2.49. The minimum Gasteiger partial charge on any atom is -0.489 e. The van der Waals surface area contributed by atoms with Gasteiger partial charge in [0.05, 0.1) is 30.8 Å². The number of furan rings is 1. The second kappa shape index (κ2) is 11.7. The fourth-order valence-corrected chi connectivity index (χ4v) is 4.20. The Morgan fingerprint density at radius 2 is 1.85 bits per heavy atom. The number of aliphatic hydroxyl groups is 1. The standard InChI is InChI=1S/C26H28F3N3O6.C2H6/c1-15-20(22(34)31-25(14-33)12-32(13-25)23(35)38-24(2,3)4)18-10-17(7-8-19(18)37-15)36-11-16-6-5-9-30-21(16)26(27,28)29;1-2/h5-10,33H,11-14H2,1-4H3,(H,31,34);1-2H3. The minimum atomic E-state index is -4.62. The van der Waals surface area contributed by atoms with Crippen LogP contribution in [-0.4, -0.2) is 57.8 Å². The number of halogens is 3. The molecule has 0 saturated carbocycles. The molecular formula is C28H34F3N3O6. The number of ether oxygens (including phenoxy) is 2. The van der Waals surface area contributed by atoms with Gasteiger partial charge in [-0.25, -0.2) is 4.79 Å². The number of carbonyl (C=O) groups is 2. The Bertz CT molecular complexity index is 1360. The normalized spacial score (nSPS) is 14.6. The molecule has 3 heterocycles. The number of aryl methyl sites for hydroxylation is 1. The third-order valence-electron chi connectivity index (χ3n) is 5.94. The van der Waals surface area contributed by atoms with Crippen LogP contribution in [0.2, 0.25) is 0 Å². The molecule has 1 saturated heterocycles. The van der Waals surface area contributed by atoms with Crippen LogP contribution >= 0.6 is 0 Å². The van der Waals surface area contributed by atoms with Crippen molar-refractivity contribution in [3.05, 3.63) is 59.1 Å². The first kappa shape index (κ1) is 30.7. The van der Waals surface area contributed by atoms with E-state index in [0.29, 0.717) is 16.7 Å². The first-order valence-electron chi connectivity index (χ1n) is 12.8. The van der Waals surface area contributed by atoms with Crippen molar-refractivity contribution in [3.63, 3.8) is 0 Å². The fraction of sp³-hybridized carbons (Fsp3) is 0.464. The van der Waals surface area contributed by atoms with Gasteiger partial charge >= 0.3 is 12.3 Å². The molecule has 9 nitrogen and oxygen atoms in total. The van der Waals surface area contributed by atoms with Crippen molar-refractivity contribution in [2.24, 2.45) is 0 Å². The average Bonchev–Trinajstić information content (AvgIpc) is 3.19. The van der Waals surface area contributed by atoms with E-state index in [1.165, 1.54) is 29.2 Å². The van der Waals surface area contributed by atoms with Crippen LogP contribution in [0.5, 0.6) is 5.75 Å². The molecule has 1 aliphatic heterocycles. The maximum Gasteiger partial charge on any atom is 0.433 e. The van der Waals surface area contributed by atoms with E-state index in [1.54, 1.807) is 33.8 Å². The summed E-state index contributed by atoms with van der Waals surface area (Å²) >= 11 is 0. The molecule has 0 unspecified atom stereocenters. The summed E-state index contributed by atoms with van der Waals surface area (Å²) in [6.07, 6.45) is -4.11. The van der Waals surface area contributed by atoms with Crippen LogP contribution in [0.15, 0.2) is 40.9 Å². The van der Waals surface area contributed by atoms with Crippen molar-refractivity contribution in [1.29, 1.82) is 0 Å². The first-order valence-corrected chi connectivity index (χ1v) is 12.8. The Morgan fingerprint density at radius 3 is 2.45 bits per heavy atom. The molecular weight excluding hydrogens is 531 g/mol. The molecule has 40 heavy (non-hydrogen) atoms. The maximum absolute atomic E-state index is 13.3. The average molecular weight is 566 g/mol. The number of hydrogen-bond donors (Lipinski definition) is 2. The Kier molecular flexibility index (Phi) is 9.03. The van der Waals surface area contributed by atoms with Crippen molar-refractivity contribution in [1.82, 2.24) is 15.2 Å². The molecule has 3 aromatic rings. The molecule has 1 aliphatic rings. The Balaban J connectivity index is 0.00000216. The lowest BCUT2D eigenvalue weighted by Crippen LogP contribution is -2.73. The Labute approximate surface area is 230 Å². The van der Waals surface area contributed by atoms with Gasteiger partial charge in [-0.15, -0.1) is 0 Å². The van der Waals surface area contributed by atoms with Crippen molar-refractivity contribution < 1.29 is 41.8 Å². The van der Waals surface area contributed by atoms with Gasteiger partial charge in [-0.05, 0) is 52.0 Å². The summed E-state index contributed by atoms with van der Waals surface area (Å²) < 4.78 is 56.4. The fourth-order valence-electron chi connectivity index (χ4n) is 4.20. The number of nitrogens with zero attached hydrogens (tertiary/aromatic N) is 2. The van der Waals surface area contributed by atoms with Crippen LogP contribution in [0, 0.1) is 6.92 Å². The largest absolute Gasteiger partial charge is 0.489 e. The highest BCUT2D eigenvalue weighted by Crippen LogP contribution is 2.33. The van der Waals surface area contributed by atoms with E-state index >= 15 is 0 Å². The number of amides is 2. The van der Waals surface area contributed by atoms with Gasteiger partial charge < -0.3 is 29.2 Å².